The summed E-state index contributed by atoms with van der Waals surface area (Å²) in [5, 5.41) is 7.82. The van der Waals surface area contributed by atoms with Gasteiger partial charge in [0.05, 0.1) is 17.8 Å². The standard InChI is InChI=1S/C24H29N5S/c1-18(2)28-16-12-19(17-28)23-22(21-11-6-7-13-26-21)27-24(30)29(23)15-8-14-25-20-9-4-3-5-10-20/h3-7,9-13,16-18,22-23,25H,8,14-15H2,1-2H3,(H,27,30)/t22-,23+/m0/s1. The Morgan fingerprint density at radius 3 is 2.60 bits per heavy atom. The Bertz CT molecular complexity index is 954. The van der Waals surface area contributed by atoms with Crippen molar-refractivity contribution in [3.63, 3.8) is 0 Å². The van der Waals surface area contributed by atoms with E-state index in [4.69, 9.17) is 12.2 Å². The summed E-state index contributed by atoms with van der Waals surface area (Å²) in [7, 11) is 0. The lowest BCUT2D eigenvalue weighted by Crippen LogP contribution is -2.31. The Kier molecular flexibility index (Phi) is 6.33. The molecule has 3 aromatic rings. The second kappa shape index (κ2) is 9.30. The molecule has 1 aliphatic heterocycles. The largest absolute Gasteiger partial charge is 0.385 e. The summed E-state index contributed by atoms with van der Waals surface area (Å²) < 4.78 is 2.25. The Labute approximate surface area is 184 Å². The third kappa shape index (κ3) is 4.49. The van der Waals surface area contributed by atoms with Crippen molar-refractivity contribution in [3.8, 4) is 0 Å². The predicted octanol–water partition coefficient (Wildman–Crippen LogP) is 4.94. The maximum atomic E-state index is 5.76. The predicted molar refractivity (Wildman–Crippen MR) is 127 cm³/mol. The maximum absolute atomic E-state index is 5.76. The zero-order valence-corrected chi connectivity index (χ0v) is 18.3. The quantitative estimate of drug-likeness (QED) is 0.400. The van der Waals surface area contributed by atoms with E-state index in [-0.39, 0.29) is 12.1 Å². The first kappa shape index (κ1) is 20.4. The highest BCUT2D eigenvalue weighted by atomic mass is 32.1. The number of nitrogens with zero attached hydrogens (tertiary/aromatic N) is 3. The number of hydrogen-bond donors (Lipinski definition) is 2. The molecule has 6 heteroatoms. The van der Waals surface area contributed by atoms with Crippen LogP contribution >= 0.6 is 12.2 Å². The summed E-state index contributed by atoms with van der Waals surface area (Å²) in [4.78, 5) is 6.94. The zero-order valence-electron chi connectivity index (χ0n) is 17.5. The van der Waals surface area contributed by atoms with Gasteiger partial charge in [-0.15, -0.1) is 0 Å². The smallest absolute Gasteiger partial charge is 0.170 e. The number of aromatic nitrogens is 2. The Hall–Kier alpha value is -2.86. The number of hydrogen-bond acceptors (Lipinski definition) is 3. The minimum absolute atomic E-state index is 0.0452. The van der Waals surface area contributed by atoms with Crippen molar-refractivity contribution in [2.75, 3.05) is 18.4 Å². The van der Waals surface area contributed by atoms with E-state index in [1.165, 1.54) is 5.56 Å². The van der Waals surface area contributed by atoms with Crippen LogP contribution in [0.3, 0.4) is 0 Å². The van der Waals surface area contributed by atoms with Crippen molar-refractivity contribution in [2.45, 2.75) is 38.4 Å². The van der Waals surface area contributed by atoms with Gasteiger partial charge >= 0.3 is 0 Å². The average Bonchev–Trinajstić information content (AvgIpc) is 3.37. The molecule has 0 radical (unpaired) electrons. The molecule has 0 spiro atoms. The average molecular weight is 420 g/mol. The highest BCUT2D eigenvalue weighted by Gasteiger charge is 2.39. The van der Waals surface area contributed by atoms with Crippen molar-refractivity contribution in [1.29, 1.82) is 0 Å². The summed E-state index contributed by atoms with van der Waals surface area (Å²) in [5.74, 6) is 0. The van der Waals surface area contributed by atoms with Crippen LogP contribution in [0.2, 0.25) is 0 Å². The highest BCUT2D eigenvalue weighted by molar-refractivity contribution is 7.80. The number of para-hydroxylation sites is 1. The van der Waals surface area contributed by atoms with Gasteiger partial charge in [-0.1, -0.05) is 24.3 Å². The number of benzene rings is 1. The van der Waals surface area contributed by atoms with Gasteiger partial charge in [-0.2, -0.15) is 0 Å². The van der Waals surface area contributed by atoms with Crippen LogP contribution in [0.5, 0.6) is 0 Å². The topological polar surface area (TPSA) is 45.1 Å². The van der Waals surface area contributed by atoms with Crippen LogP contribution in [0, 0.1) is 0 Å². The third-order valence-corrected chi connectivity index (χ3v) is 5.90. The van der Waals surface area contributed by atoms with E-state index < -0.39 is 0 Å². The van der Waals surface area contributed by atoms with Gasteiger partial charge in [0.15, 0.2) is 5.11 Å². The van der Waals surface area contributed by atoms with Gasteiger partial charge in [0.2, 0.25) is 0 Å². The van der Waals surface area contributed by atoms with Crippen LogP contribution in [-0.4, -0.2) is 32.7 Å². The maximum Gasteiger partial charge on any atom is 0.170 e. The van der Waals surface area contributed by atoms with Crippen molar-refractivity contribution in [1.82, 2.24) is 19.8 Å². The normalized spacial score (nSPS) is 18.6. The van der Waals surface area contributed by atoms with E-state index in [1.54, 1.807) is 0 Å². The van der Waals surface area contributed by atoms with Crippen LogP contribution in [0.15, 0.2) is 73.2 Å². The highest BCUT2D eigenvalue weighted by Crippen LogP contribution is 2.38. The second-order valence-electron chi connectivity index (χ2n) is 7.95. The van der Waals surface area contributed by atoms with E-state index in [0.717, 1.165) is 36.0 Å². The van der Waals surface area contributed by atoms with Crippen LogP contribution < -0.4 is 10.6 Å². The summed E-state index contributed by atoms with van der Waals surface area (Å²) in [6.07, 6.45) is 7.25. The summed E-state index contributed by atoms with van der Waals surface area (Å²) in [5.41, 5.74) is 3.44. The number of rotatable bonds is 8. The summed E-state index contributed by atoms with van der Waals surface area (Å²) >= 11 is 5.76. The van der Waals surface area contributed by atoms with Gasteiger partial charge in [-0.3, -0.25) is 4.98 Å². The first-order valence-electron chi connectivity index (χ1n) is 10.6. The fourth-order valence-corrected chi connectivity index (χ4v) is 4.31. The monoisotopic (exact) mass is 419 g/mol. The molecule has 0 amide bonds. The molecular formula is C24H29N5S. The molecule has 5 nitrogen and oxygen atoms in total. The molecule has 0 unspecified atom stereocenters. The van der Waals surface area contributed by atoms with Crippen LogP contribution in [0.25, 0.3) is 0 Å². The summed E-state index contributed by atoms with van der Waals surface area (Å²) in [6.45, 7) is 6.18. The molecule has 1 aromatic carbocycles. The number of anilines is 1. The Balaban J connectivity index is 1.51. The molecule has 1 fully saturated rings. The van der Waals surface area contributed by atoms with Crippen LogP contribution in [-0.2, 0) is 0 Å². The van der Waals surface area contributed by atoms with E-state index >= 15 is 0 Å². The number of nitrogens with one attached hydrogen (secondary N) is 2. The van der Waals surface area contributed by atoms with E-state index in [1.807, 2.05) is 24.4 Å². The Morgan fingerprint density at radius 1 is 1.10 bits per heavy atom. The fourth-order valence-electron chi connectivity index (χ4n) is 3.97. The molecule has 1 saturated heterocycles. The van der Waals surface area contributed by atoms with E-state index in [2.05, 4.69) is 87.7 Å². The molecule has 30 heavy (non-hydrogen) atoms. The van der Waals surface area contributed by atoms with E-state index in [9.17, 15) is 0 Å². The van der Waals surface area contributed by atoms with Gasteiger partial charge in [-0.05, 0) is 68.4 Å². The molecule has 3 heterocycles. The molecule has 2 N–H and O–H groups in total. The van der Waals surface area contributed by atoms with Crippen LogP contribution in [0.1, 0.15) is 49.7 Å². The van der Waals surface area contributed by atoms with Gasteiger partial charge in [-0.25, -0.2) is 0 Å². The molecule has 0 bridgehead atoms. The summed E-state index contributed by atoms with van der Waals surface area (Å²) in [6, 6.07) is 19.2. The molecule has 2 aromatic heterocycles. The lowest BCUT2D eigenvalue weighted by atomic mass is 9.99. The fraction of sp³-hybridized carbons (Fsp3) is 0.333. The van der Waals surface area contributed by atoms with E-state index in [0.29, 0.717) is 6.04 Å². The van der Waals surface area contributed by atoms with Gasteiger partial charge in [0, 0.05) is 43.4 Å². The zero-order chi connectivity index (χ0) is 20.9. The second-order valence-corrected chi connectivity index (χ2v) is 8.34. The van der Waals surface area contributed by atoms with Gasteiger partial charge in [0.25, 0.3) is 0 Å². The lowest BCUT2D eigenvalue weighted by molar-refractivity contribution is 0.316. The first-order valence-corrected chi connectivity index (χ1v) is 11.0. The molecule has 2 atom stereocenters. The lowest BCUT2D eigenvalue weighted by Gasteiger charge is -2.27. The third-order valence-electron chi connectivity index (χ3n) is 5.55. The molecular weight excluding hydrogens is 390 g/mol. The van der Waals surface area contributed by atoms with Crippen molar-refractivity contribution in [2.24, 2.45) is 0 Å². The first-order chi connectivity index (χ1) is 14.6. The van der Waals surface area contributed by atoms with Gasteiger partial charge < -0.3 is 20.1 Å². The minimum atomic E-state index is 0.0452. The SMILES string of the molecule is CC(C)n1ccc([C@@H]2[C@H](c3ccccn3)NC(=S)N2CCCNc2ccccc2)c1. The van der Waals surface area contributed by atoms with Gasteiger partial charge in [0.1, 0.15) is 0 Å². The molecule has 0 saturated carbocycles. The molecule has 4 rings (SSSR count). The van der Waals surface area contributed by atoms with Crippen molar-refractivity contribution >= 4 is 23.0 Å². The van der Waals surface area contributed by atoms with Crippen LogP contribution in [0.4, 0.5) is 5.69 Å². The van der Waals surface area contributed by atoms with Crippen molar-refractivity contribution in [3.05, 3.63) is 84.4 Å². The Morgan fingerprint density at radius 2 is 1.90 bits per heavy atom. The van der Waals surface area contributed by atoms with Crippen molar-refractivity contribution < 1.29 is 0 Å². The molecule has 0 aliphatic carbocycles. The number of thiocarbonyl (C=S) groups is 1. The molecule has 156 valence electrons. The number of pyridine rings is 1. The molecule has 1 aliphatic rings. The minimum Gasteiger partial charge on any atom is -0.385 e.